The summed E-state index contributed by atoms with van der Waals surface area (Å²) >= 11 is 4.75. The van der Waals surface area contributed by atoms with Gasteiger partial charge in [0.1, 0.15) is 5.01 Å². The number of carbonyl (C=O) groups excluding carboxylic acids is 2. The van der Waals surface area contributed by atoms with Gasteiger partial charge in [0.05, 0.1) is 18.8 Å². The molecule has 6 nitrogen and oxygen atoms in total. The molecule has 0 fully saturated rings. The molecule has 134 valence electrons. The summed E-state index contributed by atoms with van der Waals surface area (Å²) in [7, 11) is 0. The Balaban J connectivity index is 2.09. The summed E-state index contributed by atoms with van der Waals surface area (Å²) in [4.78, 5) is 30.3. The predicted octanol–water partition coefficient (Wildman–Crippen LogP) is 4.52. The summed E-state index contributed by atoms with van der Waals surface area (Å²) in [5.74, 6) is -0.446. The van der Waals surface area contributed by atoms with Crippen molar-refractivity contribution in [3.63, 3.8) is 0 Å². The Kier molecular flexibility index (Phi) is 6.95. The first-order valence-corrected chi connectivity index (χ1v) is 9.53. The number of hydrogen-bond acceptors (Lipinski definition) is 5. The van der Waals surface area contributed by atoms with Crippen LogP contribution in [0.2, 0.25) is 0 Å². The van der Waals surface area contributed by atoms with E-state index < -0.39 is 5.97 Å². The molecule has 0 aliphatic heterocycles. The van der Waals surface area contributed by atoms with Gasteiger partial charge in [-0.2, -0.15) is 0 Å². The van der Waals surface area contributed by atoms with E-state index in [4.69, 9.17) is 4.74 Å². The van der Waals surface area contributed by atoms with E-state index in [9.17, 15) is 9.59 Å². The lowest BCUT2D eigenvalue weighted by molar-refractivity contribution is 0.0520. The minimum atomic E-state index is -0.446. The summed E-state index contributed by atoms with van der Waals surface area (Å²) in [5.41, 5.74) is 0.973. The van der Waals surface area contributed by atoms with Crippen LogP contribution in [0.1, 0.15) is 36.3 Å². The maximum Gasteiger partial charge on any atom is 0.357 e. The van der Waals surface area contributed by atoms with Gasteiger partial charge in [0.15, 0.2) is 5.69 Å². The van der Waals surface area contributed by atoms with E-state index >= 15 is 0 Å². The van der Waals surface area contributed by atoms with Gasteiger partial charge in [-0.15, -0.1) is 11.3 Å². The molecule has 8 heteroatoms. The third-order valence-corrected chi connectivity index (χ3v) is 4.87. The molecule has 0 unspecified atom stereocenters. The summed E-state index contributed by atoms with van der Waals surface area (Å²) in [6, 6.07) is 7.16. The summed E-state index contributed by atoms with van der Waals surface area (Å²) in [6.07, 6.45) is 0. The summed E-state index contributed by atoms with van der Waals surface area (Å²) in [5, 5.41) is 5.22. The number of halogens is 1. The Bertz CT molecular complexity index is 748. The summed E-state index contributed by atoms with van der Waals surface area (Å²) < 4.78 is 5.75. The lowest BCUT2D eigenvalue weighted by atomic mass is 10.3. The average Bonchev–Trinajstić information content (AvgIpc) is 3.03. The van der Waals surface area contributed by atoms with Gasteiger partial charge in [0.2, 0.25) is 0 Å². The number of ether oxygens (including phenoxy) is 1. The van der Waals surface area contributed by atoms with E-state index in [1.165, 1.54) is 11.3 Å². The number of amides is 2. The normalized spacial score (nSPS) is 10.6. The van der Waals surface area contributed by atoms with E-state index in [0.29, 0.717) is 23.8 Å². The number of para-hydroxylation sites is 1. The van der Waals surface area contributed by atoms with Crippen LogP contribution in [0.25, 0.3) is 0 Å². The van der Waals surface area contributed by atoms with Crippen molar-refractivity contribution in [1.29, 1.82) is 0 Å². The molecule has 0 spiro atoms. The Hall–Kier alpha value is -1.93. The van der Waals surface area contributed by atoms with Gasteiger partial charge < -0.3 is 15.0 Å². The minimum absolute atomic E-state index is 0.0302. The first-order valence-electron chi connectivity index (χ1n) is 7.86. The number of urea groups is 1. The monoisotopic (exact) mass is 425 g/mol. The fourth-order valence-electron chi connectivity index (χ4n) is 2.07. The molecule has 0 saturated heterocycles. The number of carbonyl (C=O) groups is 2. The maximum absolute atomic E-state index is 12.6. The average molecular weight is 426 g/mol. The van der Waals surface area contributed by atoms with Crippen LogP contribution in [-0.4, -0.2) is 34.5 Å². The number of nitrogens with one attached hydrogen (secondary N) is 1. The Morgan fingerprint density at radius 1 is 1.36 bits per heavy atom. The number of esters is 1. The smallest absolute Gasteiger partial charge is 0.357 e. The first kappa shape index (κ1) is 19.4. The SMILES string of the molecule is CCOC(=O)c1csc(CN(C(=O)Nc2ccccc2Br)C(C)C)n1. The van der Waals surface area contributed by atoms with Crippen LogP contribution in [0, 0.1) is 0 Å². The molecule has 0 aliphatic carbocycles. The zero-order chi connectivity index (χ0) is 18.4. The highest BCUT2D eigenvalue weighted by molar-refractivity contribution is 9.10. The number of anilines is 1. The molecule has 25 heavy (non-hydrogen) atoms. The number of nitrogens with zero attached hydrogens (tertiary/aromatic N) is 2. The van der Waals surface area contributed by atoms with Crippen molar-refractivity contribution in [1.82, 2.24) is 9.88 Å². The van der Waals surface area contributed by atoms with Gasteiger partial charge in [0.25, 0.3) is 0 Å². The second-order valence-electron chi connectivity index (χ2n) is 5.48. The number of hydrogen-bond donors (Lipinski definition) is 1. The van der Waals surface area contributed by atoms with Gasteiger partial charge in [0, 0.05) is 15.9 Å². The number of rotatable bonds is 6. The molecule has 1 aromatic carbocycles. The molecule has 0 saturated carbocycles. The topological polar surface area (TPSA) is 71.5 Å². The van der Waals surface area contributed by atoms with Crippen molar-refractivity contribution in [3.05, 3.63) is 44.8 Å². The lowest BCUT2D eigenvalue weighted by Gasteiger charge is -2.26. The number of thiazole rings is 1. The van der Waals surface area contributed by atoms with Crippen LogP contribution in [-0.2, 0) is 11.3 Å². The van der Waals surface area contributed by atoms with Crippen molar-refractivity contribution in [2.45, 2.75) is 33.4 Å². The predicted molar refractivity (Wildman–Crippen MR) is 102 cm³/mol. The quantitative estimate of drug-likeness (QED) is 0.690. The third kappa shape index (κ3) is 5.27. The number of aromatic nitrogens is 1. The number of benzene rings is 1. The first-order chi connectivity index (χ1) is 11.9. The molecule has 2 amide bonds. The van der Waals surface area contributed by atoms with Gasteiger partial charge in [-0.05, 0) is 48.8 Å². The molecular formula is C17H20BrN3O3S. The van der Waals surface area contributed by atoms with Crippen LogP contribution < -0.4 is 5.32 Å². The second-order valence-corrected chi connectivity index (χ2v) is 7.28. The molecule has 1 aromatic heterocycles. The van der Waals surface area contributed by atoms with Crippen LogP contribution in [0.3, 0.4) is 0 Å². The van der Waals surface area contributed by atoms with Crippen LogP contribution >= 0.6 is 27.3 Å². The standard InChI is InChI=1S/C17H20BrN3O3S/c1-4-24-16(22)14-10-25-15(19-14)9-21(11(2)3)17(23)20-13-8-6-5-7-12(13)18/h5-8,10-11H,4,9H2,1-3H3,(H,20,23). The molecule has 2 aromatic rings. The minimum Gasteiger partial charge on any atom is -0.461 e. The summed E-state index contributed by atoms with van der Waals surface area (Å²) in [6.45, 7) is 6.23. The Labute approximate surface area is 159 Å². The lowest BCUT2D eigenvalue weighted by Crippen LogP contribution is -2.39. The van der Waals surface area contributed by atoms with Crippen molar-refractivity contribution in [2.24, 2.45) is 0 Å². The van der Waals surface area contributed by atoms with Gasteiger partial charge >= 0.3 is 12.0 Å². The van der Waals surface area contributed by atoms with Gasteiger partial charge in [-0.1, -0.05) is 12.1 Å². The maximum atomic E-state index is 12.6. The van der Waals surface area contributed by atoms with E-state index in [-0.39, 0.29) is 17.8 Å². The fraction of sp³-hybridized carbons (Fsp3) is 0.353. The molecule has 0 atom stereocenters. The molecular weight excluding hydrogens is 406 g/mol. The highest BCUT2D eigenvalue weighted by Crippen LogP contribution is 2.22. The van der Waals surface area contributed by atoms with E-state index in [1.807, 2.05) is 38.1 Å². The second kappa shape index (κ2) is 8.96. The Morgan fingerprint density at radius 2 is 2.08 bits per heavy atom. The molecule has 0 bridgehead atoms. The van der Waals surface area contributed by atoms with Crippen LogP contribution in [0.15, 0.2) is 34.1 Å². The zero-order valence-corrected chi connectivity index (χ0v) is 16.7. The van der Waals surface area contributed by atoms with Crippen LogP contribution in [0.4, 0.5) is 10.5 Å². The van der Waals surface area contributed by atoms with E-state index in [2.05, 4.69) is 26.2 Å². The molecule has 1 heterocycles. The Morgan fingerprint density at radius 3 is 2.72 bits per heavy atom. The zero-order valence-electron chi connectivity index (χ0n) is 14.3. The molecule has 1 N–H and O–H groups in total. The van der Waals surface area contributed by atoms with Crippen LogP contribution in [0.5, 0.6) is 0 Å². The van der Waals surface area contributed by atoms with Gasteiger partial charge in [-0.3, -0.25) is 0 Å². The van der Waals surface area contributed by atoms with Crippen molar-refractivity contribution in [3.8, 4) is 0 Å². The van der Waals surface area contributed by atoms with Crippen molar-refractivity contribution in [2.75, 3.05) is 11.9 Å². The largest absolute Gasteiger partial charge is 0.461 e. The van der Waals surface area contributed by atoms with Crippen molar-refractivity contribution >= 4 is 45.0 Å². The van der Waals surface area contributed by atoms with Gasteiger partial charge in [-0.25, -0.2) is 14.6 Å². The third-order valence-electron chi connectivity index (χ3n) is 3.34. The van der Waals surface area contributed by atoms with E-state index in [1.54, 1.807) is 17.2 Å². The molecule has 0 aliphatic rings. The van der Waals surface area contributed by atoms with E-state index in [0.717, 1.165) is 4.47 Å². The highest BCUT2D eigenvalue weighted by Gasteiger charge is 2.21. The highest BCUT2D eigenvalue weighted by atomic mass is 79.9. The fourth-order valence-corrected chi connectivity index (χ4v) is 3.21. The molecule has 0 radical (unpaired) electrons. The molecule has 2 rings (SSSR count). The van der Waals surface area contributed by atoms with Crippen molar-refractivity contribution < 1.29 is 14.3 Å².